The van der Waals surface area contributed by atoms with Crippen LogP contribution >= 0.6 is 11.3 Å². The average Bonchev–Trinajstić information content (AvgIpc) is 2.88. The topological polar surface area (TPSA) is 104 Å². The quantitative estimate of drug-likeness (QED) is 0.467. The van der Waals surface area contributed by atoms with Crippen LogP contribution in [0.4, 0.5) is 5.69 Å². The Morgan fingerprint density at radius 2 is 2.12 bits per heavy atom. The SMILES string of the molecule is COC(=O)CCn1c(=NC(=O)C(C)C)sc2cc([N+](=O)[O-])ccc21. The molecule has 0 atom stereocenters. The monoisotopic (exact) mass is 351 g/mol. The summed E-state index contributed by atoms with van der Waals surface area (Å²) in [5.41, 5.74) is 0.649. The molecule has 0 aliphatic rings. The lowest BCUT2D eigenvalue weighted by molar-refractivity contribution is -0.384. The number of esters is 1. The van der Waals surface area contributed by atoms with Crippen LogP contribution < -0.4 is 4.80 Å². The molecule has 0 spiro atoms. The van der Waals surface area contributed by atoms with Gasteiger partial charge in [0.2, 0.25) is 0 Å². The summed E-state index contributed by atoms with van der Waals surface area (Å²) in [7, 11) is 1.30. The fourth-order valence-corrected chi connectivity index (χ4v) is 3.10. The van der Waals surface area contributed by atoms with E-state index in [1.165, 1.54) is 30.6 Å². The molecule has 1 aromatic heterocycles. The molecule has 0 aliphatic heterocycles. The number of nitrogens with zero attached hydrogens (tertiary/aromatic N) is 3. The van der Waals surface area contributed by atoms with E-state index in [1.807, 2.05) is 0 Å². The average molecular weight is 351 g/mol. The number of benzene rings is 1. The summed E-state index contributed by atoms with van der Waals surface area (Å²) in [6.45, 7) is 3.75. The molecule has 1 heterocycles. The van der Waals surface area contributed by atoms with Crippen molar-refractivity contribution in [2.24, 2.45) is 10.9 Å². The highest BCUT2D eigenvalue weighted by atomic mass is 32.1. The van der Waals surface area contributed by atoms with E-state index in [9.17, 15) is 19.7 Å². The number of carbonyl (C=O) groups excluding carboxylic acids is 2. The van der Waals surface area contributed by atoms with Crippen molar-refractivity contribution in [3.8, 4) is 0 Å². The minimum atomic E-state index is -0.478. The summed E-state index contributed by atoms with van der Waals surface area (Å²) in [4.78, 5) is 38.3. The van der Waals surface area contributed by atoms with Gasteiger partial charge < -0.3 is 9.30 Å². The van der Waals surface area contributed by atoms with Crippen LogP contribution in [0.3, 0.4) is 0 Å². The van der Waals surface area contributed by atoms with Crippen LogP contribution in [0.25, 0.3) is 10.2 Å². The number of aromatic nitrogens is 1. The van der Waals surface area contributed by atoms with E-state index in [-0.39, 0.29) is 36.4 Å². The Morgan fingerprint density at radius 1 is 1.42 bits per heavy atom. The third kappa shape index (κ3) is 3.85. The predicted molar refractivity (Wildman–Crippen MR) is 88.5 cm³/mol. The van der Waals surface area contributed by atoms with Crippen molar-refractivity contribution in [2.75, 3.05) is 7.11 Å². The number of ether oxygens (including phenoxy) is 1. The van der Waals surface area contributed by atoms with Crippen molar-refractivity contribution >= 4 is 39.1 Å². The highest BCUT2D eigenvalue weighted by molar-refractivity contribution is 7.16. The van der Waals surface area contributed by atoms with Gasteiger partial charge in [-0.05, 0) is 6.07 Å². The maximum atomic E-state index is 11.9. The molecule has 0 unspecified atom stereocenters. The summed E-state index contributed by atoms with van der Waals surface area (Å²) in [5, 5.41) is 10.9. The van der Waals surface area contributed by atoms with Crippen LogP contribution in [-0.4, -0.2) is 28.5 Å². The van der Waals surface area contributed by atoms with Crippen molar-refractivity contribution in [2.45, 2.75) is 26.8 Å². The van der Waals surface area contributed by atoms with E-state index < -0.39 is 4.92 Å². The van der Waals surface area contributed by atoms with Crippen LogP contribution in [0, 0.1) is 16.0 Å². The minimum Gasteiger partial charge on any atom is -0.469 e. The van der Waals surface area contributed by atoms with Gasteiger partial charge in [0.1, 0.15) is 0 Å². The summed E-state index contributed by atoms with van der Waals surface area (Å²) in [5.74, 6) is -0.939. The first-order valence-electron chi connectivity index (χ1n) is 7.26. The van der Waals surface area contributed by atoms with E-state index in [2.05, 4.69) is 9.73 Å². The number of non-ortho nitro benzene ring substituents is 1. The van der Waals surface area contributed by atoms with Gasteiger partial charge in [0, 0.05) is 24.6 Å². The number of aryl methyl sites for hydroxylation is 1. The molecule has 128 valence electrons. The van der Waals surface area contributed by atoms with E-state index in [4.69, 9.17) is 0 Å². The number of hydrogen-bond donors (Lipinski definition) is 0. The zero-order chi connectivity index (χ0) is 17.9. The number of thiazole rings is 1. The first-order chi connectivity index (χ1) is 11.3. The maximum absolute atomic E-state index is 11.9. The largest absolute Gasteiger partial charge is 0.469 e. The first kappa shape index (κ1) is 17.8. The molecule has 2 aromatic rings. The Kier molecular flexibility index (Phi) is 5.45. The lowest BCUT2D eigenvalue weighted by Gasteiger charge is -2.04. The van der Waals surface area contributed by atoms with Gasteiger partial charge in [0.05, 0.1) is 28.7 Å². The van der Waals surface area contributed by atoms with Gasteiger partial charge in [0.15, 0.2) is 4.80 Å². The molecule has 0 aliphatic carbocycles. The number of methoxy groups -OCH3 is 1. The van der Waals surface area contributed by atoms with Gasteiger partial charge in [-0.15, -0.1) is 0 Å². The lowest BCUT2D eigenvalue weighted by Crippen LogP contribution is -2.20. The van der Waals surface area contributed by atoms with Crippen molar-refractivity contribution in [3.63, 3.8) is 0 Å². The van der Waals surface area contributed by atoms with Gasteiger partial charge in [-0.1, -0.05) is 25.2 Å². The Balaban J connectivity index is 2.58. The zero-order valence-electron chi connectivity index (χ0n) is 13.5. The van der Waals surface area contributed by atoms with E-state index >= 15 is 0 Å². The second kappa shape index (κ2) is 7.35. The molecule has 2 rings (SSSR count). The summed E-state index contributed by atoms with van der Waals surface area (Å²) in [6.07, 6.45) is 0.113. The number of rotatable bonds is 5. The molecule has 0 fully saturated rings. The summed E-state index contributed by atoms with van der Waals surface area (Å²) >= 11 is 1.18. The fourth-order valence-electron chi connectivity index (χ4n) is 2.01. The second-order valence-electron chi connectivity index (χ2n) is 5.38. The molecule has 0 saturated heterocycles. The molecule has 8 nitrogen and oxygen atoms in total. The smallest absolute Gasteiger partial charge is 0.307 e. The normalized spacial score (nSPS) is 11.9. The molecule has 24 heavy (non-hydrogen) atoms. The fraction of sp³-hybridized carbons (Fsp3) is 0.400. The number of nitro benzene ring substituents is 1. The number of carbonyl (C=O) groups is 2. The molecule has 0 N–H and O–H groups in total. The van der Waals surface area contributed by atoms with Crippen LogP contribution in [0.5, 0.6) is 0 Å². The number of hydrogen-bond acceptors (Lipinski definition) is 6. The molecule has 0 radical (unpaired) electrons. The highest BCUT2D eigenvalue weighted by Crippen LogP contribution is 2.23. The molecular formula is C15H17N3O5S. The molecule has 9 heteroatoms. The van der Waals surface area contributed by atoms with Gasteiger partial charge in [-0.3, -0.25) is 19.7 Å². The van der Waals surface area contributed by atoms with Crippen LogP contribution in [0.15, 0.2) is 23.2 Å². The van der Waals surface area contributed by atoms with Crippen molar-refractivity contribution in [1.82, 2.24) is 4.57 Å². The Labute approximate surface area is 141 Å². The molecule has 0 saturated carbocycles. The number of amides is 1. The third-order valence-electron chi connectivity index (χ3n) is 3.34. The van der Waals surface area contributed by atoms with Crippen molar-refractivity contribution in [3.05, 3.63) is 33.1 Å². The standard InChI is InChI=1S/C15H17N3O5S/c1-9(2)14(20)16-15-17(7-6-13(19)23-3)11-5-4-10(18(21)22)8-12(11)24-15/h4-5,8-9H,6-7H2,1-3H3. The second-order valence-corrected chi connectivity index (χ2v) is 6.39. The molecule has 1 amide bonds. The maximum Gasteiger partial charge on any atom is 0.307 e. The van der Waals surface area contributed by atoms with Gasteiger partial charge in [-0.2, -0.15) is 4.99 Å². The van der Waals surface area contributed by atoms with Crippen LogP contribution in [0.1, 0.15) is 20.3 Å². The zero-order valence-corrected chi connectivity index (χ0v) is 14.3. The number of nitro groups is 1. The third-order valence-corrected chi connectivity index (χ3v) is 4.39. The van der Waals surface area contributed by atoms with Crippen molar-refractivity contribution < 1.29 is 19.2 Å². The van der Waals surface area contributed by atoms with Crippen LogP contribution in [0.2, 0.25) is 0 Å². The van der Waals surface area contributed by atoms with Crippen molar-refractivity contribution in [1.29, 1.82) is 0 Å². The Hall–Kier alpha value is -2.55. The Morgan fingerprint density at radius 3 is 2.71 bits per heavy atom. The van der Waals surface area contributed by atoms with Gasteiger partial charge in [0.25, 0.3) is 11.6 Å². The van der Waals surface area contributed by atoms with E-state index in [0.717, 1.165) is 0 Å². The molecular weight excluding hydrogens is 334 g/mol. The minimum absolute atomic E-state index is 0.0365. The van der Waals surface area contributed by atoms with E-state index in [0.29, 0.717) is 15.0 Å². The molecule has 0 bridgehead atoms. The van der Waals surface area contributed by atoms with E-state index in [1.54, 1.807) is 24.5 Å². The van der Waals surface area contributed by atoms with Gasteiger partial charge in [-0.25, -0.2) is 0 Å². The predicted octanol–water partition coefficient (Wildman–Crippen LogP) is 2.26. The molecule has 1 aromatic carbocycles. The Bertz CT molecular complexity index is 866. The summed E-state index contributed by atoms with van der Waals surface area (Å²) < 4.78 is 6.97. The van der Waals surface area contributed by atoms with Crippen LogP contribution in [-0.2, 0) is 20.9 Å². The summed E-state index contributed by atoms with van der Waals surface area (Å²) in [6, 6.07) is 4.42. The number of fused-ring (bicyclic) bond motifs is 1. The highest BCUT2D eigenvalue weighted by Gasteiger charge is 2.14. The first-order valence-corrected chi connectivity index (χ1v) is 8.08. The van der Waals surface area contributed by atoms with Gasteiger partial charge >= 0.3 is 5.97 Å². The lowest BCUT2D eigenvalue weighted by atomic mass is 10.2.